The molecule has 1 aliphatic heterocycles. The third-order valence-electron chi connectivity index (χ3n) is 12.6. The number of thiophene rings is 1. The molecule has 0 saturated heterocycles. The van der Waals surface area contributed by atoms with E-state index in [0.29, 0.717) is 0 Å². The molecule has 250 valence electrons. The van der Waals surface area contributed by atoms with Gasteiger partial charge in [0.2, 0.25) is 0 Å². The zero-order valence-electron chi connectivity index (χ0n) is 29.7. The molecule has 2 heterocycles. The Morgan fingerprint density at radius 3 is 2.04 bits per heavy atom. The van der Waals surface area contributed by atoms with E-state index in [4.69, 9.17) is 0 Å². The molecule has 2 heteroatoms. The molecule has 12 rings (SSSR count). The van der Waals surface area contributed by atoms with Gasteiger partial charge in [0, 0.05) is 42.9 Å². The molecular weight excluding hydrogens is 659 g/mol. The van der Waals surface area contributed by atoms with Crippen molar-refractivity contribution in [3.05, 3.63) is 185 Å². The number of hydrogen-bond donors (Lipinski definition) is 0. The summed E-state index contributed by atoms with van der Waals surface area (Å²) in [5.74, 6) is 0.261. The number of hydrogen-bond acceptors (Lipinski definition) is 2. The summed E-state index contributed by atoms with van der Waals surface area (Å²) in [7, 11) is 0. The highest BCUT2D eigenvalue weighted by molar-refractivity contribution is 7.25. The van der Waals surface area contributed by atoms with Gasteiger partial charge in [-0.05, 0) is 127 Å². The first-order valence-electron chi connectivity index (χ1n) is 18.8. The van der Waals surface area contributed by atoms with E-state index in [-0.39, 0.29) is 11.3 Å². The minimum absolute atomic E-state index is 0.0710. The van der Waals surface area contributed by atoms with Crippen LogP contribution in [0.2, 0.25) is 0 Å². The Balaban J connectivity index is 1.06. The number of fused-ring (bicyclic) bond motifs is 15. The molecular formula is C51H35NS. The van der Waals surface area contributed by atoms with Gasteiger partial charge < -0.3 is 4.90 Å². The first-order chi connectivity index (χ1) is 26.0. The van der Waals surface area contributed by atoms with Gasteiger partial charge in [-0.1, -0.05) is 123 Å². The molecule has 0 radical (unpaired) electrons. The van der Waals surface area contributed by atoms with E-state index < -0.39 is 0 Å². The third kappa shape index (κ3) is 4.02. The lowest BCUT2D eigenvalue weighted by atomic mass is 9.78. The highest BCUT2D eigenvalue weighted by Gasteiger charge is 2.43. The molecule has 1 aromatic heterocycles. The van der Waals surface area contributed by atoms with Crippen LogP contribution in [0.5, 0.6) is 0 Å². The van der Waals surface area contributed by atoms with Crippen LogP contribution in [-0.2, 0) is 11.8 Å². The van der Waals surface area contributed by atoms with E-state index >= 15 is 0 Å². The Morgan fingerprint density at radius 2 is 1.21 bits per heavy atom. The summed E-state index contributed by atoms with van der Waals surface area (Å²) in [6.45, 7) is 4.79. The number of nitrogens with zero attached hydrogens (tertiary/aromatic N) is 1. The zero-order valence-corrected chi connectivity index (χ0v) is 30.5. The minimum Gasteiger partial charge on any atom is -0.313 e. The smallest absolute Gasteiger partial charge is 0.0501 e. The second-order valence-corrected chi connectivity index (χ2v) is 16.7. The van der Waals surface area contributed by atoms with Crippen LogP contribution in [0.15, 0.2) is 157 Å². The van der Waals surface area contributed by atoms with Crippen molar-refractivity contribution in [2.24, 2.45) is 0 Å². The lowest BCUT2D eigenvalue weighted by molar-refractivity contribution is 0.660. The summed E-state index contributed by atoms with van der Waals surface area (Å²) in [5, 5.41) is 8.08. The topological polar surface area (TPSA) is 3.24 Å². The maximum Gasteiger partial charge on any atom is 0.0501 e. The van der Waals surface area contributed by atoms with Crippen LogP contribution in [-0.4, -0.2) is 0 Å². The van der Waals surface area contributed by atoms with Gasteiger partial charge in [0.15, 0.2) is 0 Å². The standard InChI is InChI=1S/C51H35NS/c1-51(2)45-17-9-7-15-37(45)41-27-43-42-26-39-35-13-5-3-11-33(35)34-12-4-6-14-36(34)40(39)28-47(42)52(48(43)29-46(41)51)32-22-19-30(20-23-32)31-21-24-50-44(25-31)38-16-8-10-18-49(38)53-50/h3-25,27-29,42H,26H2,1-2H3. The predicted octanol–water partition coefficient (Wildman–Crippen LogP) is 14.2. The van der Waals surface area contributed by atoms with E-state index in [2.05, 4.69) is 176 Å². The number of anilines is 2. The molecule has 0 N–H and O–H groups in total. The fourth-order valence-corrected chi connectivity index (χ4v) is 11.1. The van der Waals surface area contributed by atoms with Gasteiger partial charge in [-0.15, -0.1) is 11.3 Å². The Morgan fingerprint density at radius 1 is 0.547 bits per heavy atom. The highest BCUT2D eigenvalue weighted by atomic mass is 32.1. The second-order valence-electron chi connectivity index (χ2n) is 15.6. The van der Waals surface area contributed by atoms with Crippen molar-refractivity contribution >= 4 is 70.5 Å². The van der Waals surface area contributed by atoms with Crippen LogP contribution in [0.3, 0.4) is 0 Å². The average Bonchev–Trinajstić information content (AvgIpc) is 3.81. The molecule has 0 spiro atoms. The highest BCUT2D eigenvalue weighted by Crippen LogP contribution is 2.58. The van der Waals surface area contributed by atoms with E-state index in [1.807, 2.05) is 11.3 Å². The molecule has 0 bridgehead atoms. The molecule has 2 aliphatic carbocycles. The third-order valence-corrected chi connectivity index (χ3v) is 13.7. The van der Waals surface area contributed by atoms with Crippen molar-refractivity contribution in [1.29, 1.82) is 0 Å². The van der Waals surface area contributed by atoms with Crippen molar-refractivity contribution in [2.45, 2.75) is 31.6 Å². The van der Waals surface area contributed by atoms with E-state index in [0.717, 1.165) is 6.42 Å². The Hall–Kier alpha value is -5.96. The van der Waals surface area contributed by atoms with Crippen molar-refractivity contribution < 1.29 is 0 Å². The van der Waals surface area contributed by atoms with Gasteiger partial charge in [-0.2, -0.15) is 0 Å². The normalized spacial score (nSPS) is 16.5. The van der Waals surface area contributed by atoms with E-state index in [1.54, 1.807) is 0 Å². The largest absolute Gasteiger partial charge is 0.313 e. The van der Waals surface area contributed by atoms with Crippen molar-refractivity contribution in [1.82, 2.24) is 0 Å². The second kappa shape index (κ2) is 10.6. The maximum atomic E-state index is 2.59. The first-order valence-corrected chi connectivity index (χ1v) is 19.6. The van der Waals surface area contributed by atoms with Gasteiger partial charge in [0.1, 0.15) is 0 Å². The molecule has 3 aliphatic rings. The molecule has 1 atom stereocenters. The quantitative estimate of drug-likeness (QED) is 0.163. The summed E-state index contributed by atoms with van der Waals surface area (Å²) < 4.78 is 2.69. The van der Waals surface area contributed by atoms with Gasteiger partial charge in [0.05, 0.1) is 5.69 Å². The Bertz CT molecular complexity index is 3070. The van der Waals surface area contributed by atoms with E-state index in [9.17, 15) is 0 Å². The summed E-state index contributed by atoms with van der Waals surface area (Å²) in [4.78, 5) is 2.59. The monoisotopic (exact) mass is 693 g/mol. The van der Waals surface area contributed by atoms with Crippen molar-refractivity contribution in [3.63, 3.8) is 0 Å². The molecule has 53 heavy (non-hydrogen) atoms. The fraction of sp³-hybridized carbons (Fsp3) is 0.0980. The zero-order chi connectivity index (χ0) is 35.0. The van der Waals surface area contributed by atoms with Gasteiger partial charge in [-0.3, -0.25) is 0 Å². The summed E-state index contributed by atoms with van der Waals surface area (Å²) in [6.07, 6.45) is 3.51. The molecule has 0 saturated carbocycles. The van der Waals surface area contributed by atoms with Crippen LogP contribution in [0.25, 0.3) is 70.0 Å². The van der Waals surface area contributed by atoms with Crippen LogP contribution >= 0.6 is 11.3 Å². The van der Waals surface area contributed by atoms with Gasteiger partial charge in [-0.25, -0.2) is 0 Å². The average molecular weight is 694 g/mol. The minimum atomic E-state index is -0.0710. The maximum absolute atomic E-state index is 2.59. The molecule has 0 fully saturated rings. The van der Waals surface area contributed by atoms with Crippen LogP contribution in [0.4, 0.5) is 11.4 Å². The summed E-state index contributed by atoms with van der Waals surface area (Å²) in [6, 6.07) is 57.2. The van der Waals surface area contributed by atoms with Crippen LogP contribution < -0.4 is 4.90 Å². The SMILES string of the molecule is CC1(C)c2ccccc2-c2cc3c(cc21)N(c1ccc(-c2ccc4sc5ccccc5c4c2)cc1)C1=Cc2c(c4ccccc4c4ccccc24)CC13. The molecule has 8 aromatic carbocycles. The molecule has 9 aromatic rings. The lowest BCUT2D eigenvalue weighted by Crippen LogP contribution is -2.18. The summed E-state index contributed by atoms with van der Waals surface area (Å²) >= 11 is 1.88. The number of benzene rings is 8. The molecule has 1 nitrogen and oxygen atoms in total. The van der Waals surface area contributed by atoms with Gasteiger partial charge >= 0.3 is 0 Å². The lowest BCUT2D eigenvalue weighted by Gasteiger charge is -2.29. The number of rotatable bonds is 2. The van der Waals surface area contributed by atoms with Crippen LogP contribution in [0.1, 0.15) is 47.6 Å². The number of allylic oxidation sites excluding steroid dienone is 1. The fourth-order valence-electron chi connectivity index (χ4n) is 10.0. The molecule has 1 unspecified atom stereocenters. The van der Waals surface area contributed by atoms with E-state index in [1.165, 1.54) is 109 Å². The van der Waals surface area contributed by atoms with Crippen molar-refractivity contribution in [3.8, 4) is 22.3 Å². The first kappa shape index (κ1) is 29.6. The van der Waals surface area contributed by atoms with Gasteiger partial charge in [0.25, 0.3) is 0 Å². The van der Waals surface area contributed by atoms with Crippen LogP contribution in [0, 0.1) is 0 Å². The Kier molecular flexibility index (Phi) is 5.90. The predicted molar refractivity (Wildman–Crippen MR) is 227 cm³/mol. The Labute approximate surface area is 313 Å². The summed E-state index contributed by atoms with van der Waals surface area (Å²) in [5.41, 5.74) is 16.2. The van der Waals surface area contributed by atoms with Crippen molar-refractivity contribution in [2.75, 3.05) is 4.90 Å². The molecule has 0 amide bonds.